The first kappa shape index (κ1) is 26.9. The summed E-state index contributed by atoms with van der Waals surface area (Å²) in [4.78, 5) is 58.2. The standard InChI is InChI=1S/C29H29N5O6/c1-20-7-9-22(10-8-20)28(37)33-25(26(35)31-18-21-4-3-13-30-17-21)19-40-29(33)11-14-32(15-12-29)27(36)23-5-2-6-24(16-23)34(38)39/h2-10,13,16-17,25H,11-12,14-15,18-19H2,1H3,(H,31,35). The molecule has 3 aromatic rings. The largest absolute Gasteiger partial charge is 0.353 e. The van der Waals surface area contributed by atoms with E-state index in [1.165, 1.54) is 23.1 Å². The molecule has 11 nitrogen and oxygen atoms in total. The lowest BCUT2D eigenvalue weighted by molar-refractivity contribution is -0.384. The summed E-state index contributed by atoms with van der Waals surface area (Å²) >= 11 is 0. The van der Waals surface area contributed by atoms with Crippen molar-refractivity contribution in [3.63, 3.8) is 0 Å². The summed E-state index contributed by atoms with van der Waals surface area (Å²) in [5.41, 5.74) is 1.26. The maximum Gasteiger partial charge on any atom is 0.270 e. The third-order valence-electron chi connectivity index (χ3n) is 7.41. The van der Waals surface area contributed by atoms with Crippen LogP contribution in [-0.4, -0.2) is 68.9 Å². The molecule has 3 heterocycles. The molecule has 2 aliphatic rings. The lowest BCUT2D eigenvalue weighted by Crippen LogP contribution is -2.59. The van der Waals surface area contributed by atoms with E-state index in [-0.39, 0.29) is 68.1 Å². The molecule has 1 spiro atoms. The van der Waals surface area contributed by atoms with Crippen molar-refractivity contribution in [1.82, 2.24) is 20.1 Å². The molecule has 11 heteroatoms. The van der Waals surface area contributed by atoms with Crippen LogP contribution in [0.5, 0.6) is 0 Å². The van der Waals surface area contributed by atoms with E-state index in [1.54, 1.807) is 41.6 Å². The molecule has 2 aliphatic heterocycles. The van der Waals surface area contributed by atoms with Crippen molar-refractivity contribution < 1.29 is 24.0 Å². The number of nitro benzene ring substituents is 1. The van der Waals surface area contributed by atoms with Crippen LogP contribution in [0.1, 0.15) is 44.7 Å². The number of aryl methyl sites for hydroxylation is 1. The van der Waals surface area contributed by atoms with Crippen LogP contribution in [0.3, 0.4) is 0 Å². The Hall–Kier alpha value is -4.64. The molecule has 40 heavy (non-hydrogen) atoms. The number of piperidine rings is 1. The van der Waals surface area contributed by atoms with Crippen molar-refractivity contribution in [2.24, 2.45) is 0 Å². The Morgan fingerprint density at radius 3 is 2.48 bits per heavy atom. The van der Waals surface area contributed by atoms with E-state index in [4.69, 9.17) is 4.74 Å². The van der Waals surface area contributed by atoms with E-state index >= 15 is 0 Å². The van der Waals surface area contributed by atoms with E-state index in [9.17, 15) is 24.5 Å². The minimum atomic E-state index is -1.07. The maximum atomic E-state index is 13.9. The SMILES string of the molecule is Cc1ccc(C(=O)N2C(C(=O)NCc3cccnc3)COC23CCN(C(=O)c2cccc([N+](=O)[O-])c2)CC3)cc1. The van der Waals surface area contributed by atoms with Crippen LogP contribution in [0.25, 0.3) is 0 Å². The highest BCUT2D eigenvalue weighted by Crippen LogP contribution is 2.39. The molecule has 1 unspecified atom stereocenters. The van der Waals surface area contributed by atoms with Crippen molar-refractivity contribution in [3.8, 4) is 0 Å². The van der Waals surface area contributed by atoms with E-state index in [1.807, 2.05) is 25.1 Å². The molecule has 0 aliphatic carbocycles. The number of rotatable bonds is 6. The summed E-state index contributed by atoms with van der Waals surface area (Å²) in [6.07, 6.45) is 3.89. The van der Waals surface area contributed by atoms with Crippen LogP contribution >= 0.6 is 0 Å². The summed E-state index contributed by atoms with van der Waals surface area (Å²) in [5.74, 6) is -0.993. The molecular weight excluding hydrogens is 514 g/mol. The van der Waals surface area contributed by atoms with E-state index in [0.29, 0.717) is 5.56 Å². The molecule has 3 amide bonds. The van der Waals surface area contributed by atoms with Crippen molar-refractivity contribution >= 4 is 23.4 Å². The average molecular weight is 544 g/mol. The van der Waals surface area contributed by atoms with Gasteiger partial charge in [0.25, 0.3) is 17.5 Å². The van der Waals surface area contributed by atoms with Gasteiger partial charge in [0.2, 0.25) is 5.91 Å². The zero-order valence-electron chi connectivity index (χ0n) is 22.0. The van der Waals surface area contributed by atoms with Gasteiger partial charge in [0.05, 0.1) is 11.5 Å². The third-order valence-corrected chi connectivity index (χ3v) is 7.41. The van der Waals surface area contributed by atoms with Crippen LogP contribution in [-0.2, 0) is 16.1 Å². The van der Waals surface area contributed by atoms with Crippen molar-refractivity contribution in [1.29, 1.82) is 0 Å². The molecule has 0 radical (unpaired) electrons. The summed E-state index contributed by atoms with van der Waals surface area (Å²) in [6.45, 7) is 2.72. The Balaban J connectivity index is 1.36. The maximum absolute atomic E-state index is 13.9. The van der Waals surface area contributed by atoms with Crippen LogP contribution in [0.15, 0.2) is 73.1 Å². The first-order valence-electron chi connectivity index (χ1n) is 13.0. The van der Waals surface area contributed by atoms with Gasteiger partial charge in [-0.25, -0.2) is 0 Å². The van der Waals surface area contributed by atoms with Crippen LogP contribution in [0, 0.1) is 17.0 Å². The number of nitrogens with zero attached hydrogens (tertiary/aromatic N) is 4. The summed E-state index contributed by atoms with van der Waals surface area (Å²) in [7, 11) is 0. The minimum Gasteiger partial charge on any atom is -0.353 e. The van der Waals surface area contributed by atoms with E-state index in [0.717, 1.165) is 11.1 Å². The van der Waals surface area contributed by atoms with Gasteiger partial charge in [-0.3, -0.25) is 34.4 Å². The zero-order chi connectivity index (χ0) is 28.3. The topological polar surface area (TPSA) is 135 Å². The van der Waals surface area contributed by atoms with Gasteiger partial charge in [-0.15, -0.1) is 0 Å². The van der Waals surface area contributed by atoms with Gasteiger partial charge in [0.1, 0.15) is 11.8 Å². The predicted octanol–water partition coefficient (Wildman–Crippen LogP) is 3.09. The number of hydrogen-bond acceptors (Lipinski definition) is 7. The number of ether oxygens (including phenoxy) is 1. The van der Waals surface area contributed by atoms with Gasteiger partial charge in [-0.05, 0) is 36.8 Å². The van der Waals surface area contributed by atoms with Crippen LogP contribution < -0.4 is 5.32 Å². The highest BCUT2D eigenvalue weighted by atomic mass is 16.6. The van der Waals surface area contributed by atoms with Gasteiger partial charge in [0.15, 0.2) is 0 Å². The minimum absolute atomic E-state index is 0.0231. The molecule has 0 bridgehead atoms. The second kappa shape index (κ2) is 11.2. The summed E-state index contributed by atoms with van der Waals surface area (Å²) in [6, 6.07) is 15.5. The monoisotopic (exact) mass is 543 g/mol. The smallest absolute Gasteiger partial charge is 0.270 e. The van der Waals surface area contributed by atoms with Crippen LogP contribution in [0.4, 0.5) is 5.69 Å². The van der Waals surface area contributed by atoms with Gasteiger partial charge >= 0.3 is 0 Å². The number of non-ortho nitro benzene ring substituents is 1. The van der Waals surface area contributed by atoms with Gasteiger partial charge in [0, 0.05) is 68.1 Å². The Kier molecular flexibility index (Phi) is 7.56. The predicted molar refractivity (Wildman–Crippen MR) is 144 cm³/mol. The summed E-state index contributed by atoms with van der Waals surface area (Å²) < 4.78 is 6.24. The first-order chi connectivity index (χ1) is 19.3. The number of nitrogens with one attached hydrogen (secondary N) is 1. The Morgan fingerprint density at radius 1 is 1.05 bits per heavy atom. The second-order valence-corrected chi connectivity index (χ2v) is 9.99. The third kappa shape index (κ3) is 5.41. The average Bonchev–Trinajstić information content (AvgIpc) is 3.35. The number of amides is 3. The fraction of sp³-hybridized carbons (Fsp3) is 0.310. The number of aromatic nitrogens is 1. The summed E-state index contributed by atoms with van der Waals surface area (Å²) in [5, 5.41) is 14.1. The molecule has 5 rings (SSSR count). The molecule has 1 aromatic heterocycles. The molecular formula is C29H29N5O6. The fourth-order valence-corrected chi connectivity index (χ4v) is 5.21. The second-order valence-electron chi connectivity index (χ2n) is 9.99. The Labute approximate surface area is 230 Å². The number of hydrogen-bond donors (Lipinski definition) is 1. The van der Waals surface area contributed by atoms with Crippen molar-refractivity contribution in [2.45, 2.75) is 38.1 Å². The van der Waals surface area contributed by atoms with E-state index in [2.05, 4.69) is 10.3 Å². The molecule has 2 saturated heterocycles. The number of carbonyl (C=O) groups excluding carboxylic acids is 3. The number of likely N-dealkylation sites (tertiary alicyclic amines) is 1. The van der Waals surface area contributed by atoms with Gasteiger partial charge in [-0.1, -0.05) is 29.8 Å². The number of carbonyl (C=O) groups is 3. The van der Waals surface area contributed by atoms with Gasteiger partial charge < -0.3 is 15.0 Å². The zero-order valence-corrected chi connectivity index (χ0v) is 22.0. The number of pyridine rings is 1. The highest BCUT2D eigenvalue weighted by molar-refractivity contribution is 5.99. The Morgan fingerprint density at radius 2 is 1.80 bits per heavy atom. The molecule has 1 N–H and O–H groups in total. The highest BCUT2D eigenvalue weighted by Gasteiger charge is 2.54. The number of benzene rings is 2. The quantitative estimate of drug-likeness (QED) is 0.373. The lowest BCUT2D eigenvalue weighted by atomic mass is 9.96. The Bertz CT molecular complexity index is 1420. The van der Waals surface area contributed by atoms with Gasteiger partial charge in [-0.2, -0.15) is 0 Å². The van der Waals surface area contributed by atoms with Crippen LogP contribution in [0.2, 0.25) is 0 Å². The molecule has 2 fully saturated rings. The normalized spacial score (nSPS) is 18.0. The first-order valence-corrected chi connectivity index (χ1v) is 13.0. The molecule has 2 aromatic carbocycles. The number of nitro groups is 1. The molecule has 1 atom stereocenters. The lowest BCUT2D eigenvalue weighted by Gasteiger charge is -2.44. The molecule has 206 valence electrons. The van der Waals surface area contributed by atoms with Crippen molar-refractivity contribution in [3.05, 3.63) is 105 Å². The molecule has 0 saturated carbocycles. The van der Waals surface area contributed by atoms with E-state index < -0.39 is 16.7 Å². The van der Waals surface area contributed by atoms with Crippen molar-refractivity contribution in [2.75, 3.05) is 19.7 Å². The fourth-order valence-electron chi connectivity index (χ4n) is 5.21.